The van der Waals surface area contributed by atoms with Crippen molar-refractivity contribution in [1.82, 2.24) is 0 Å². The number of hydrogen-bond acceptors (Lipinski definition) is 12. The molecule has 306 valence electrons. The van der Waals surface area contributed by atoms with E-state index in [1.54, 1.807) is 24.3 Å². The Morgan fingerprint density at radius 1 is 0.698 bits per heavy atom. The molecule has 0 aromatic heterocycles. The minimum Gasteiger partial charge on any atom is -0.481 e. The van der Waals surface area contributed by atoms with Gasteiger partial charge in [0.15, 0.2) is 0 Å². The molecule has 0 unspecified atom stereocenters. The van der Waals surface area contributed by atoms with Gasteiger partial charge in [0.05, 0.1) is 30.1 Å². The lowest BCUT2D eigenvalue weighted by Gasteiger charge is -2.21. The van der Waals surface area contributed by atoms with E-state index in [1.807, 2.05) is 69.2 Å². The van der Waals surface area contributed by atoms with E-state index in [2.05, 4.69) is 16.6 Å². The lowest BCUT2D eigenvalue weighted by atomic mass is 9.89. The number of carbonyl (C=O) groups is 5. The second-order valence-electron chi connectivity index (χ2n) is 13.7. The van der Waals surface area contributed by atoms with Crippen LogP contribution in [0.15, 0.2) is 36.4 Å². The predicted octanol–water partition coefficient (Wildman–Crippen LogP) is 5.67. The average molecular weight is 757 g/mol. The Bertz CT molecular complexity index is 1230. The Morgan fingerprint density at radius 2 is 1.13 bits per heavy atom. The van der Waals surface area contributed by atoms with Gasteiger partial charge >= 0.3 is 23.9 Å². The van der Waals surface area contributed by atoms with Gasteiger partial charge in [-0.3, -0.25) is 19.2 Å². The third-order valence-electron chi connectivity index (χ3n) is 7.83. The number of carboxylic acids is 1. The van der Waals surface area contributed by atoms with Crippen LogP contribution in [0.4, 0.5) is 5.69 Å². The molecule has 15 heteroatoms. The molecule has 0 saturated carbocycles. The number of rotatable bonds is 22. The second-order valence-corrected chi connectivity index (χ2v) is 13.7. The molecule has 0 aliphatic heterocycles. The zero-order valence-electron chi connectivity index (χ0n) is 33.1. The minimum atomic E-state index is -0.866. The summed E-state index contributed by atoms with van der Waals surface area (Å²) in [7, 11) is 1.34. The van der Waals surface area contributed by atoms with E-state index >= 15 is 0 Å². The fourth-order valence-corrected chi connectivity index (χ4v) is 2.89. The van der Waals surface area contributed by atoms with E-state index in [9.17, 15) is 24.0 Å². The minimum absolute atomic E-state index is 0. The van der Waals surface area contributed by atoms with Crippen molar-refractivity contribution in [2.45, 2.75) is 101 Å². The maximum Gasteiger partial charge on any atom is 0.337 e. The maximum absolute atomic E-state index is 11.9. The molecule has 0 bridgehead atoms. The Labute approximate surface area is 318 Å². The standard InChI is InChI=1S/C14H19NO3.C12H22O6.C12H22O4.BH4/c1-5-14(2,3)13(17)15-11-8-6-10(7-9-11)12(16)18-4;1-4-12(2,3)11(15)16-8-9-18-17-7-5-6-10(13)14;1-6-12(4,5)11(13)14-7-8-15-16-9-10(2)3;/h6-9H,5H2,1-4H3,(H,15,17);4-9H2,1-3H3,(H,13,14);2,6-9H2,1,3-5H3;1H4/q;;;-1. The van der Waals surface area contributed by atoms with Gasteiger partial charge in [-0.25, -0.2) is 24.3 Å². The molecule has 0 saturated heterocycles. The molecule has 1 amide bonds. The third-order valence-corrected chi connectivity index (χ3v) is 7.83. The van der Waals surface area contributed by atoms with Crippen LogP contribution in [0.1, 0.15) is 112 Å². The molecule has 0 atom stereocenters. The van der Waals surface area contributed by atoms with Crippen LogP contribution < -0.4 is 5.32 Å². The van der Waals surface area contributed by atoms with Crippen LogP contribution in [0.5, 0.6) is 0 Å². The lowest BCUT2D eigenvalue weighted by molar-refractivity contribution is -0.298. The highest BCUT2D eigenvalue weighted by Gasteiger charge is 2.28. The number of hydrogen-bond donors (Lipinski definition) is 2. The van der Waals surface area contributed by atoms with Gasteiger partial charge in [-0.05, 0) is 84.6 Å². The van der Waals surface area contributed by atoms with Crippen molar-refractivity contribution >= 4 is 43.9 Å². The summed E-state index contributed by atoms with van der Waals surface area (Å²) in [6.07, 6.45) is 2.65. The highest BCUT2D eigenvalue weighted by atomic mass is 17.2. The van der Waals surface area contributed by atoms with Crippen LogP contribution in [-0.2, 0) is 52.9 Å². The monoisotopic (exact) mass is 756 g/mol. The summed E-state index contributed by atoms with van der Waals surface area (Å²) >= 11 is 0. The zero-order chi connectivity index (χ0) is 40.4. The smallest absolute Gasteiger partial charge is 0.337 e. The fraction of sp³-hybridized carbons (Fsp3) is 0.658. The molecule has 0 spiro atoms. The van der Waals surface area contributed by atoms with Crippen LogP contribution in [0.25, 0.3) is 0 Å². The van der Waals surface area contributed by atoms with Crippen LogP contribution >= 0.6 is 0 Å². The zero-order valence-corrected chi connectivity index (χ0v) is 33.1. The molecule has 1 aromatic rings. The Hall–Kier alpha value is -3.79. The number of anilines is 1. The fourth-order valence-electron chi connectivity index (χ4n) is 2.89. The summed E-state index contributed by atoms with van der Waals surface area (Å²) < 4.78 is 14.6. The highest BCUT2D eigenvalue weighted by Crippen LogP contribution is 2.23. The number of carbonyl (C=O) groups excluding carboxylic acids is 4. The molecular weight excluding hydrogens is 689 g/mol. The SMILES string of the molecule is C=C(C)COOCCOC(=O)C(C)(C)CC.CCC(C)(C)C(=O)Nc1ccc(C(=O)OC)cc1.CCC(C)(C)C(=O)OCCOOCCCC(=O)O.[BH4-]. The summed E-state index contributed by atoms with van der Waals surface area (Å²) in [5.74, 6) is -1.76. The molecule has 2 N–H and O–H groups in total. The van der Waals surface area contributed by atoms with Crippen molar-refractivity contribution in [3.8, 4) is 0 Å². The summed E-state index contributed by atoms with van der Waals surface area (Å²) in [6.45, 7) is 23.7. The van der Waals surface area contributed by atoms with Crippen molar-refractivity contribution in [3.05, 3.63) is 42.0 Å². The van der Waals surface area contributed by atoms with Crippen molar-refractivity contribution < 1.29 is 62.8 Å². The van der Waals surface area contributed by atoms with E-state index < -0.39 is 22.2 Å². The first-order valence-electron chi connectivity index (χ1n) is 17.4. The molecular formula is C38H67BNO13-. The summed E-state index contributed by atoms with van der Waals surface area (Å²) in [4.78, 5) is 75.5. The molecule has 1 rings (SSSR count). The van der Waals surface area contributed by atoms with Gasteiger partial charge in [0.25, 0.3) is 0 Å². The first-order valence-corrected chi connectivity index (χ1v) is 17.4. The predicted molar refractivity (Wildman–Crippen MR) is 207 cm³/mol. The highest BCUT2D eigenvalue weighted by molar-refractivity contribution is 5.95. The van der Waals surface area contributed by atoms with Gasteiger partial charge < -0.3 is 24.6 Å². The van der Waals surface area contributed by atoms with Crippen LogP contribution in [0.2, 0.25) is 0 Å². The third kappa shape index (κ3) is 25.8. The number of benzene rings is 1. The molecule has 0 aliphatic rings. The topological polar surface area (TPSA) is 182 Å². The molecule has 14 nitrogen and oxygen atoms in total. The summed E-state index contributed by atoms with van der Waals surface area (Å²) in [6, 6.07) is 6.63. The molecule has 1 aromatic carbocycles. The van der Waals surface area contributed by atoms with Crippen molar-refractivity contribution in [2.75, 3.05) is 52.1 Å². The number of carboxylic acid groups (broad SMARTS) is 1. The van der Waals surface area contributed by atoms with Gasteiger partial charge in [0.2, 0.25) is 5.91 Å². The van der Waals surface area contributed by atoms with Crippen LogP contribution in [-0.4, -0.2) is 90.1 Å². The molecule has 0 radical (unpaired) electrons. The van der Waals surface area contributed by atoms with Gasteiger partial charge in [0.1, 0.15) is 33.0 Å². The second kappa shape index (κ2) is 28.7. The number of amides is 1. The lowest BCUT2D eigenvalue weighted by Crippen LogP contribution is -2.29. The number of esters is 3. The Morgan fingerprint density at radius 3 is 1.53 bits per heavy atom. The quantitative estimate of drug-likeness (QED) is 0.0281. The first-order chi connectivity index (χ1) is 24.2. The normalized spacial score (nSPS) is 10.9. The largest absolute Gasteiger partial charge is 0.481 e. The number of ether oxygens (including phenoxy) is 3. The van der Waals surface area contributed by atoms with E-state index in [0.29, 0.717) is 30.7 Å². The van der Waals surface area contributed by atoms with Crippen molar-refractivity contribution in [3.63, 3.8) is 0 Å². The van der Waals surface area contributed by atoms with Crippen molar-refractivity contribution in [2.24, 2.45) is 16.2 Å². The maximum atomic E-state index is 11.9. The van der Waals surface area contributed by atoms with E-state index in [1.165, 1.54) is 7.11 Å². The van der Waals surface area contributed by atoms with Crippen LogP contribution in [0, 0.1) is 16.2 Å². The van der Waals surface area contributed by atoms with Gasteiger partial charge in [-0.1, -0.05) is 55.2 Å². The summed E-state index contributed by atoms with van der Waals surface area (Å²) in [5, 5.41) is 11.2. The number of methoxy groups -OCH3 is 1. The van der Waals surface area contributed by atoms with Crippen LogP contribution in [0.3, 0.4) is 0 Å². The molecule has 0 aliphatic carbocycles. The number of aliphatic carboxylic acids is 1. The van der Waals surface area contributed by atoms with E-state index in [0.717, 1.165) is 18.4 Å². The Balaban J connectivity index is -0.000000703. The van der Waals surface area contributed by atoms with Crippen molar-refractivity contribution in [1.29, 1.82) is 0 Å². The molecule has 0 fully saturated rings. The number of nitrogens with one attached hydrogen (secondary N) is 1. The van der Waals surface area contributed by atoms with E-state index in [-0.39, 0.29) is 71.7 Å². The van der Waals surface area contributed by atoms with Gasteiger partial charge in [-0.15, -0.1) is 0 Å². The summed E-state index contributed by atoms with van der Waals surface area (Å²) in [5.41, 5.74) is 0.700. The Kier molecular flexibility index (Phi) is 29.0. The first kappa shape index (κ1) is 53.6. The van der Waals surface area contributed by atoms with E-state index in [4.69, 9.17) is 34.1 Å². The van der Waals surface area contributed by atoms with Gasteiger partial charge in [-0.2, -0.15) is 0 Å². The average Bonchev–Trinajstić information content (AvgIpc) is 3.10. The molecule has 53 heavy (non-hydrogen) atoms. The molecule has 0 heterocycles. The van der Waals surface area contributed by atoms with Gasteiger partial charge in [0, 0.05) is 17.5 Å².